The molecule has 0 aliphatic carbocycles. The zero-order valence-corrected chi connectivity index (χ0v) is 16.4. The highest BCUT2D eigenvalue weighted by atomic mass is 79.9. The Morgan fingerprint density at radius 2 is 1.85 bits per heavy atom. The fourth-order valence-electron chi connectivity index (χ4n) is 2.31. The van der Waals surface area contributed by atoms with E-state index in [9.17, 15) is 4.39 Å². The molecule has 0 aromatic heterocycles. The van der Waals surface area contributed by atoms with E-state index in [1.165, 1.54) is 12.1 Å². The summed E-state index contributed by atoms with van der Waals surface area (Å²) in [6.45, 7) is 2.35. The van der Waals surface area contributed by atoms with E-state index in [0.717, 1.165) is 26.9 Å². The van der Waals surface area contributed by atoms with Crippen molar-refractivity contribution in [1.29, 1.82) is 0 Å². The van der Waals surface area contributed by atoms with Crippen molar-refractivity contribution in [2.24, 2.45) is 4.99 Å². The van der Waals surface area contributed by atoms with Gasteiger partial charge in [-0.15, -0.1) is 0 Å². The SMILES string of the molecule is Cc1cc(N=Cc2ccc(OCc3ccc(F)cc3)c(Cl)c2)ccc1Br. The Bertz CT molecular complexity index is 941. The van der Waals surface area contributed by atoms with Crippen LogP contribution in [0.1, 0.15) is 16.7 Å². The average Bonchev–Trinajstić information content (AvgIpc) is 2.63. The van der Waals surface area contributed by atoms with Crippen LogP contribution < -0.4 is 4.74 Å². The number of hydrogen-bond donors (Lipinski definition) is 0. The number of ether oxygens (including phenoxy) is 1. The largest absolute Gasteiger partial charge is 0.487 e. The number of nitrogens with zero attached hydrogens (tertiary/aromatic N) is 1. The predicted octanol–water partition coefficient (Wildman–Crippen LogP) is 6.88. The van der Waals surface area contributed by atoms with Crippen molar-refractivity contribution in [3.05, 3.63) is 92.7 Å². The van der Waals surface area contributed by atoms with Gasteiger partial charge in [0.1, 0.15) is 18.2 Å². The van der Waals surface area contributed by atoms with E-state index < -0.39 is 0 Å². The molecule has 3 rings (SSSR count). The minimum Gasteiger partial charge on any atom is -0.487 e. The Kier molecular flexibility index (Phi) is 6.07. The molecule has 0 atom stereocenters. The van der Waals surface area contributed by atoms with Crippen LogP contribution >= 0.6 is 27.5 Å². The number of aryl methyl sites for hydroxylation is 1. The highest BCUT2D eigenvalue weighted by Gasteiger charge is 2.04. The molecule has 0 N–H and O–H groups in total. The van der Waals surface area contributed by atoms with Gasteiger partial charge in [-0.1, -0.05) is 39.7 Å². The highest BCUT2D eigenvalue weighted by Crippen LogP contribution is 2.27. The molecule has 0 aliphatic rings. The summed E-state index contributed by atoms with van der Waals surface area (Å²) < 4.78 is 19.7. The molecule has 0 bridgehead atoms. The van der Waals surface area contributed by atoms with Crippen LogP contribution in [0.4, 0.5) is 10.1 Å². The van der Waals surface area contributed by atoms with Crippen LogP contribution in [-0.2, 0) is 6.61 Å². The molecule has 0 spiro atoms. The lowest BCUT2D eigenvalue weighted by atomic mass is 10.2. The first-order chi connectivity index (χ1) is 12.5. The van der Waals surface area contributed by atoms with Gasteiger partial charge in [-0.3, -0.25) is 4.99 Å². The Labute approximate surface area is 165 Å². The monoisotopic (exact) mass is 431 g/mol. The van der Waals surface area contributed by atoms with Crippen molar-refractivity contribution in [2.45, 2.75) is 13.5 Å². The maximum absolute atomic E-state index is 12.9. The number of benzene rings is 3. The van der Waals surface area contributed by atoms with Crippen LogP contribution in [0.15, 0.2) is 70.1 Å². The third-order valence-electron chi connectivity index (χ3n) is 3.77. The van der Waals surface area contributed by atoms with Crippen molar-refractivity contribution < 1.29 is 9.13 Å². The Hall–Kier alpha value is -2.17. The molecule has 5 heteroatoms. The Morgan fingerprint density at radius 3 is 2.54 bits per heavy atom. The summed E-state index contributed by atoms with van der Waals surface area (Å²) in [6.07, 6.45) is 1.76. The lowest BCUT2D eigenvalue weighted by molar-refractivity contribution is 0.306. The zero-order valence-electron chi connectivity index (χ0n) is 14.0. The summed E-state index contributed by atoms with van der Waals surface area (Å²) in [5.74, 6) is 0.309. The minimum absolute atomic E-state index is 0.267. The van der Waals surface area contributed by atoms with E-state index in [-0.39, 0.29) is 5.82 Å². The topological polar surface area (TPSA) is 21.6 Å². The summed E-state index contributed by atoms with van der Waals surface area (Å²) in [6, 6.07) is 17.6. The molecule has 0 fully saturated rings. The van der Waals surface area contributed by atoms with Gasteiger partial charge in [0.15, 0.2) is 0 Å². The van der Waals surface area contributed by atoms with Crippen molar-refractivity contribution in [3.8, 4) is 5.75 Å². The maximum atomic E-state index is 12.9. The highest BCUT2D eigenvalue weighted by molar-refractivity contribution is 9.10. The average molecular weight is 433 g/mol. The molecule has 0 amide bonds. The van der Waals surface area contributed by atoms with E-state index >= 15 is 0 Å². The van der Waals surface area contributed by atoms with Crippen molar-refractivity contribution in [1.82, 2.24) is 0 Å². The van der Waals surface area contributed by atoms with E-state index in [4.69, 9.17) is 16.3 Å². The van der Waals surface area contributed by atoms with Gasteiger partial charge in [-0.05, 0) is 72.1 Å². The molecule has 3 aromatic rings. The second-order valence-corrected chi connectivity index (χ2v) is 7.06. The lowest BCUT2D eigenvalue weighted by Crippen LogP contribution is -1.96. The second-order valence-electron chi connectivity index (χ2n) is 5.80. The van der Waals surface area contributed by atoms with Crippen LogP contribution in [0, 0.1) is 12.7 Å². The lowest BCUT2D eigenvalue weighted by Gasteiger charge is -2.08. The van der Waals surface area contributed by atoms with E-state index in [1.807, 2.05) is 31.2 Å². The fraction of sp³-hybridized carbons (Fsp3) is 0.0952. The predicted molar refractivity (Wildman–Crippen MR) is 108 cm³/mol. The number of hydrogen-bond acceptors (Lipinski definition) is 2. The van der Waals surface area contributed by atoms with Crippen molar-refractivity contribution in [3.63, 3.8) is 0 Å². The molecular weight excluding hydrogens is 417 g/mol. The summed E-state index contributed by atoms with van der Waals surface area (Å²) in [4.78, 5) is 4.47. The van der Waals surface area contributed by atoms with Gasteiger partial charge in [-0.25, -0.2) is 4.39 Å². The van der Waals surface area contributed by atoms with Crippen LogP contribution in [0.2, 0.25) is 5.02 Å². The molecular formula is C21H16BrClFNO. The maximum Gasteiger partial charge on any atom is 0.138 e. The third-order valence-corrected chi connectivity index (χ3v) is 4.95. The minimum atomic E-state index is -0.267. The zero-order chi connectivity index (χ0) is 18.5. The molecule has 0 radical (unpaired) electrons. The smallest absolute Gasteiger partial charge is 0.138 e. The van der Waals surface area contributed by atoms with Crippen molar-refractivity contribution in [2.75, 3.05) is 0 Å². The van der Waals surface area contributed by atoms with Crippen LogP contribution in [0.3, 0.4) is 0 Å². The fourth-order valence-corrected chi connectivity index (χ4v) is 2.80. The normalized spacial score (nSPS) is 11.1. The first-order valence-corrected chi connectivity index (χ1v) is 9.15. The molecule has 0 unspecified atom stereocenters. The van der Waals surface area contributed by atoms with Crippen LogP contribution in [0.25, 0.3) is 0 Å². The molecule has 0 heterocycles. The summed E-state index contributed by atoms with van der Waals surface area (Å²) in [5, 5.41) is 0.503. The standard InChI is InChI=1S/C21H16BrClFNO/c1-14-10-18(7-8-19(14)22)25-12-16-4-9-21(20(23)11-16)26-13-15-2-5-17(24)6-3-15/h2-12H,13H2,1H3. The quantitative estimate of drug-likeness (QED) is 0.403. The van der Waals surface area contributed by atoms with E-state index in [0.29, 0.717) is 17.4 Å². The number of aliphatic imine (C=N–C) groups is 1. The first kappa shape index (κ1) is 18.6. The summed E-state index contributed by atoms with van der Waals surface area (Å²) in [5.41, 5.74) is 3.75. The van der Waals surface area contributed by atoms with Gasteiger partial charge in [0.2, 0.25) is 0 Å². The van der Waals surface area contributed by atoms with Gasteiger partial charge in [-0.2, -0.15) is 0 Å². The van der Waals surface area contributed by atoms with Gasteiger partial charge in [0.25, 0.3) is 0 Å². The molecule has 26 heavy (non-hydrogen) atoms. The molecule has 3 aromatic carbocycles. The van der Waals surface area contributed by atoms with Gasteiger partial charge in [0.05, 0.1) is 10.7 Å². The number of halogens is 3. The van der Waals surface area contributed by atoms with Crippen LogP contribution in [0.5, 0.6) is 5.75 Å². The van der Waals surface area contributed by atoms with E-state index in [2.05, 4.69) is 20.9 Å². The van der Waals surface area contributed by atoms with Crippen LogP contribution in [-0.4, -0.2) is 6.21 Å². The first-order valence-electron chi connectivity index (χ1n) is 7.98. The third kappa shape index (κ3) is 4.93. The summed E-state index contributed by atoms with van der Waals surface area (Å²) >= 11 is 9.77. The van der Waals surface area contributed by atoms with Gasteiger partial charge >= 0.3 is 0 Å². The molecule has 2 nitrogen and oxygen atoms in total. The Balaban J connectivity index is 1.67. The van der Waals surface area contributed by atoms with E-state index in [1.54, 1.807) is 30.5 Å². The Morgan fingerprint density at radius 1 is 1.08 bits per heavy atom. The van der Waals surface area contributed by atoms with Crippen molar-refractivity contribution >= 4 is 39.4 Å². The number of rotatable bonds is 5. The van der Waals surface area contributed by atoms with Gasteiger partial charge in [0, 0.05) is 10.7 Å². The molecule has 132 valence electrons. The molecule has 0 saturated heterocycles. The van der Waals surface area contributed by atoms with Gasteiger partial charge < -0.3 is 4.74 Å². The molecule has 0 saturated carbocycles. The molecule has 0 aliphatic heterocycles. The second kappa shape index (κ2) is 8.47. The summed E-state index contributed by atoms with van der Waals surface area (Å²) in [7, 11) is 0.